The van der Waals surface area contributed by atoms with Crippen LogP contribution in [0.5, 0.6) is 0 Å². The zero-order valence-corrected chi connectivity index (χ0v) is 11.5. The van der Waals surface area contributed by atoms with Crippen LogP contribution in [0, 0.1) is 13.8 Å². The lowest BCUT2D eigenvalue weighted by Crippen LogP contribution is -2.37. The fraction of sp³-hybridized carbons (Fsp3) is 0.500. The summed E-state index contributed by atoms with van der Waals surface area (Å²) >= 11 is 0. The smallest absolute Gasteiger partial charge is 0.238 e. The van der Waals surface area contributed by atoms with E-state index in [4.69, 9.17) is 4.74 Å². The standard InChI is InChI=1S/C14H22N2O2/c1-10-6-5-7-11(2)14(10)16-13(17)8-15-12(3)9-18-4/h5-7,12,15H,8-9H2,1-4H3,(H,16,17). The SMILES string of the molecule is COCC(C)NCC(=O)Nc1c(C)cccc1C. The topological polar surface area (TPSA) is 50.4 Å². The average Bonchev–Trinajstić information content (AvgIpc) is 2.32. The maximum absolute atomic E-state index is 11.8. The fourth-order valence-electron chi connectivity index (χ4n) is 1.77. The minimum atomic E-state index is -0.0321. The molecule has 1 rings (SSSR count). The van der Waals surface area contributed by atoms with Crippen LogP contribution in [0.3, 0.4) is 0 Å². The van der Waals surface area contributed by atoms with Crippen LogP contribution in [-0.2, 0) is 9.53 Å². The highest BCUT2D eigenvalue weighted by Crippen LogP contribution is 2.18. The Morgan fingerprint density at radius 3 is 2.50 bits per heavy atom. The van der Waals surface area contributed by atoms with Crippen molar-refractivity contribution < 1.29 is 9.53 Å². The lowest BCUT2D eigenvalue weighted by molar-refractivity contribution is -0.115. The number of anilines is 1. The third-order valence-electron chi connectivity index (χ3n) is 2.77. The molecule has 1 amide bonds. The Labute approximate surface area is 109 Å². The van der Waals surface area contributed by atoms with Crippen molar-refractivity contribution in [2.75, 3.05) is 25.6 Å². The van der Waals surface area contributed by atoms with E-state index in [9.17, 15) is 4.79 Å². The molecule has 0 aliphatic carbocycles. The number of benzene rings is 1. The van der Waals surface area contributed by atoms with E-state index >= 15 is 0 Å². The Kier molecular flexibility index (Phi) is 5.82. The first-order valence-corrected chi connectivity index (χ1v) is 6.13. The average molecular weight is 250 g/mol. The number of methoxy groups -OCH3 is 1. The molecular formula is C14H22N2O2. The van der Waals surface area contributed by atoms with Gasteiger partial charge in [-0.05, 0) is 31.9 Å². The molecule has 0 bridgehead atoms. The summed E-state index contributed by atoms with van der Waals surface area (Å²) in [7, 11) is 1.65. The zero-order chi connectivity index (χ0) is 13.5. The Hall–Kier alpha value is -1.39. The second-order valence-electron chi connectivity index (χ2n) is 4.55. The van der Waals surface area contributed by atoms with Crippen molar-refractivity contribution in [3.8, 4) is 0 Å². The molecule has 0 radical (unpaired) electrons. The van der Waals surface area contributed by atoms with Gasteiger partial charge in [0.2, 0.25) is 5.91 Å². The summed E-state index contributed by atoms with van der Waals surface area (Å²) in [5, 5.41) is 6.04. The van der Waals surface area contributed by atoms with E-state index in [1.165, 1.54) is 0 Å². The maximum atomic E-state index is 11.8. The zero-order valence-electron chi connectivity index (χ0n) is 11.5. The number of carbonyl (C=O) groups excluding carboxylic acids is 1. The largest absolute Gasteiger partial charge is 0.383 e. The summed E-state index contributed by atoms with van der Waals surface area (Å²) in [6.45, 7) is 6.85. The van der Waals surface area contributed by atoms with Gasteiger partial charge in [-0.2, -0.15) is 0 Å². The lowest BCUT2D eigenvalue weighted by Gasteiger charge is -2.14. The number of rotatable bonds is 6. The molecule has 4 nitrogen and oxygen atoms in total. The van der Waals surface area contributed by atoms with E-state index in [2.05, 4.69) is 10.6 Å². The predicted octanol–water partition coefficient (Wildman–Crippen LogP) is 1.87. The van der Waals surface area contributed by atoms with Gasteiger partial charge >= 0.3 is 0 Å². The van der Waals surface area contributed by atoms with E-state index in [0.717, 1.165) is 16.8 Å². The number of ether oxygens (including phenoxy) is 1. The molecule has 4 heteroatoms. The second kappa shape index (κ2) is 7.13. The first-order chi connectivity index (χ1) is 8.54. The number of hydrogen-bond donors (Lipinski definition) is 2. The van der Waals surface area contributed by atoms with Crippen LogP contribution >= 0.6 is 0 Å². The highest BCUT2D eigenvalue weighted by Gasteiger charge is 2.08. The Morgan fingerprint density at radius 2 is 1.94 bits per heavy atom. The van der Waals surface area contributed by atoms with E-state index in [1.807, 2.05) is 39.0 Å². The Bertz CT molecular complexity index is 385. The molecule has 0 spiro atoms. The van der Waals surface area contributed by atoms with Gasteiger partial charge in [-0.3, -0.25) is 4.79 Å². The van der Waals surface area contributed by atoms with Crippen LogP contribution in [0.25, 0.3) is 0 Å². The van der Waals surface area contributed by atoms with Crippen LogP contribution in [0.4, 0.5) is 5.69 Å². The van der Waals surface area contributed by atoms with Crippen molar-refractivity contribution in [1.29, 1.82) is 0 Å². The first kappa shape index (κ1) is 14.7. The summed E-state index contributed by atoms with van der Waals surface area (Å²) in [5.41, 5.74) is 3.06. The number of amides is 1. The molecule has 1 atom stereocenters. The van der Waals surface area contributed by atoms with E-state index in [-0.39, 0.29) is 18.5 Å². The van der Waals surface area contributed by atoms with Crippen LogP contribution < -0.4 is 10.6 Å². The Morgan fingerprint density at radius 1 is 1.33 bits per heavy atom. The van der Waals surface area contributed by atoms with Gasteiger partial charge in [-0.1, -0.05) is 18.2 Å². The quantitative estimate of drug-likeness (QED) is 0.810. The fourth-order valence-corrected chi connectivity index (χ4v) is 1.77. The molecule has 1 aromatic carbocycles. The van der Waals surface area contributed by atoms with Crippen molar-refractivity contribution in [2.45, 2.75) is 26.8 Å². The highest BCUT2D eigenvalue weighted by molar-refractivity contribution is 5.93. The molecule has 2 N–H and O–H groups in total. The van der Waals surface area contributed by atoms with Gasteiger partial charge in [0, 0.05) is 18.8 Å². The van der Waals surface area contributed by atoms with Gasteiger partial charge in [-0.25, -0.2) is 0 Å². The highest BCUT2D eigenvalue weighted by atomic mass is 16.5. The van der Waals surface area contributed by atoms with Crippen LogP contribution in [-0.4, -0.2) is 32.2 Å². The molecule has 0 aliphatic heterocycles. The second-order valence-corrected chi connectivity index (χ2v) is 4.55. The third kappa shape index (κ3) is 4.47. The molecule has 1 aromatic rings. The number of aryl methyl sites for hydroxylation is 2. The van der Waals surface area contributed by atoms with Gasteiger partial charge in [0.05, 0.1) is 13.2 Å². The summed E-state index contributed by atoms with van der Waals surface area (Å²) < 4.78 is 5.00. The van der Waals surface area contributed by atoms with Gasteiger partial charge in [0.25, 0.3) is 0 Å². The summed E-state index contributed by atoms with van der Waals surface area (Å²) in [5.74, 6) is -0.0321. The molecule has 0 aromatic heterocycles. The molecule has 100 valence electrons. The monoisotopic (exact) mass is 250 g/mol. The number of nitrogens with one attached hydrogen (secondary N) is 2. The van der Waals surface area contributed by atoms with E-state index < -0.39 is 0 Å². The maximum Gasteiger partial charge on any atom is 0.238 e. The third-order valence-corrected chi connectivity index (χ3v) is 2.77. The van der Waals surface area contributed by atoms with Gasteiger partial charge in [0.1, 0.15) is 0 Å². The van der Waals surface area contributed by atoms with Crippen molar-refractivity contribution in [3.63, 3.8) is 0 Å². The Balaban J connectivity index is 2.50. The van der Waals surface area contributed by atoms with Crippen LogP contribution in [0.1, 0.15) is 18.1 Å². The normalized spacial score (nSPS) is 12.2. The minimum absolute atomic E-state index is 0.0321. The summed E-state index contributed by atoms with van der Waals surface area (Å²) in [4.78, 5) is 11.8. The molecule has 1 unspecified atom stereocenters. The first-order valence-electron chi connectivity index (χ1n) is 6.13. The van der Waals surface area contributed by atoms with Crippen molar-refractivity contribution in [2.24, 2.45) is 0 Å². The van der Waals surface area contributed by atoms with Crippen LogP contribution in [0.15, 0.2) is 18.2 Å². The van der Waals surface area contributed by atoms with Crippen molar-refractivity contribution in [1.82, 2.24) is 5.32 Å². The molecule has 18 heavy (non-hydrogen) atoms. The molecule has 0 saturated carbocycles. The molecular weight excluding hydrogens is 228 g/mol. The van der Waals surface area contributed by atoms with E-state index in [0.29, 0.717) is 6.61 Å². The molecule has 0 heterocycles. The molecule has 0 fully saturated rings. The summed E-state index contributed by atoms with van der Waals surface area (Å²) in [6, 6.07) is 6.13. The summed E-state index contributed by atoms with van der Waals surface area (Å²) in [6.07, 6.45) is 0. The predicted molar refractivity (Wildman–Crippen MR) is 73.9 cm³/mol. The minimum Gasteiger partial charge on any atom is -0.383 e. The van der Waals surface area contributed by atoms with Crippen molar-refractivity contribution >= 4 is 11.6 Å². The van der Waals surface area contributed by atoms with Gasteiger partial charge in [0.15, 0.2) is 0 Å². The van der Waals surface area contributed by atoms with Crippen LogP contribution in [0.2, 0.25) is 0 Å². The molecule has 0 aliphatic rings. The number of para-hydroxylation sites is 1. The van der Waals surface area contributed by atoms with Gasteiger partial charge < -0.3 is 15.4 Å². The lowest BCUT2D eigenvalue weighted by atomic mass is 10.1. The van der Waals surface area contributed by atoms with Crippen molar-refractivity contribution in [3.05, 3.63) is 29.3 Å². The molecule has 0 saturated heterocycles. The number of carbonyl (C=O) groups is 1. The number of hydrogen-bond acceptors (Lipinski definition) is 3. The van der Waals surface area contributed by atoms with E-state index in [1.54, 1.807) is 7.11 Å². The van der Waals surface area contributed by atoms with Gasteiger partial charge in [-0.15, -0.1) is 0 Å².